The Hall–Kier alpha value is -1.68. The van der Waals surface area contributed by atoms with Gasteiger partial charge in [-0.15, -0.1) is 0 Å². The van der Waals surface area contributed by atoms with E-state index in [9.17, 15) is 9.59 Å². The van der Waals surface area contributed by atoms with Gasteiger partial charge in [0.1, 0.15) is 5.78 Å². The Morgan fingerprint density at radius 1 is 1.30 bits per heavy atom. The van der Waals surface area contributed by atoms with Crippen molar-refractivity contribution in [1.29, 1.82) is 0 Å². The van der Waals surface area contributed by atoms with Crippen LogP contribution in [0.2, 0.25) is 5.02 Å². The van der Waals surface area contributed by atoms with E-state index in [1.165, 1.54) is 0 Å². The minimum atomic E-state index is -0.525. The summed E-state index contributed by atoms with van der Waals surface area (Å²) in [4.78, 5) is 24.0. The zero-order chi connectivity index (χ0) is 14.9. The summed E-state index contributed by atoms with van der Waals surface area (Å²) in [5, 5.41) is 4.67. The van der Waals surface area contributed by atoms with Crippen molar-refractivity contribution >= 4 is 29.0 Å². The number of carbonyl (C=O) groups excluding carboxylic acids is 2. The fourth-order valence-electron chi connectivity index (χ4n) is 1.96. The van der Waals surface area contributed by atoms with Gasteiger partial charge in [0.2, 0.25) is 5.91 Å². The molecule has 0 fully saturated rings. The molecule has 0 bridgehead atoms. The molecule has 1 amide bonds. The molecule has 2 rings (SSSR count). The van der Waals surface area contributed by atoms with Crippen LogP contribution < -0.4 is 5.43 Å². The van der Waals surface area contributed by atoms with Crippen molar-refractivity contribution in [2.75, 3.05) is 0 Å². The SMILES string of the molecule is CC(C)(C)C(=O)CC1C(=O)NN=C1c1ccc(Cl)cc1. The van der Waals surface area contributed by atoms with E-state index in [-0.39, 0.29) is 18.1 Å². The summed E-state index contributed by atoms with van der Waals surface area (Å²) in [5.41, 5.74) is 3.40. The predicted octanol–water partition coefficient (Wildman–Crippen LogP) is 2.80. The van der Waals surface area contributed by atoms with Crippen molar-refractivity contribution < 1.29 is 9.59 Å². The second kappa shape index (κ2) is 5.37. The summed E-state index contributed by atoms with van der Waals surface area (Å²) in [6.45, 7) is 5.55. The minimum absolute atomic E-state index is 0.0428. The smallest absolute Gasteiger partial charge is 0.249 e. The van der Waals surface area contributed by atoms with Gasteiger partial charge >= 0.3 is 0 Å². The van der Waals surface area contributed by atoms with Gasteiger partial charge in [-0.2, -0.15) is 5.10 Å². The van der Waals surface area contributed by atoms with Crippen LogP contribution >= 0.6 is 11.6 Å². The largest absolute Gasteiger partial charge is 0.299 e. The average molecular weight is 293 g/mol. The number of halogens is 1. The molecule has 0 aromatic heterocycles. The van der Waals surface area contributed by atoms with Gasteiger partial charge in [-0.25, -0.2) is 5.43 Å². The monoisotopic (exact) mass is 292 g/mol. The second-order valence-corrected chi connectivity index (χ2v) is 6.35. The molecule has 0 saturated carbocycles. The normalized spacial score (nSPS) is 18.7. The Labute approximate surface area is 123 Å². The quantitative estimate of drug-likeness (QED) is 0.931. The predicted molar refractivity (Wildman–Crippen MR) is 78.7 cm³/mol. The lowest BCUT2D eigenvalue weighted by atomic mass is 9.82. The van der Waals surface area contributed by atoms with Crippen molar-refractivity contribution in [2.45, 2.75) is 27.2 Å². The Balaban J connectivity index is 2.23. The van der Waals surface area contributed by atoms with Crippen molar-refractivity contribution in [3.8, 4) is 0 Å². The van der Waals surface area contributed by atoms with Gasteiger partial charge < -0.3 is 0 Å². The summed E-state index contributed by atoms with van der Waals surface area (Å²) in [6, 6.07) is 7.09. The molecule has 1 N–H and O–H groups in total. The van der Waals surface area contributed by atoms with Crippen LogP contribution in [0.1, 0.15) is 32.8 Å². The molecule has 4 nitrogen and oxygen atoms in total. The van der Waals surface area contributed by atoms with Crippen LogP contribution in [-0.4, -0.2) is 17.4 Å². The molecule has 1 aliphatic heterocycles. The molecule has 1 aromatic rings. The highest BCUT2D eigenvalue weighted by Gasteiger charge is 2.35. The molecule has 1 aromatic carbocycles. The summed E-state index contributed by atoms with van der Waals surface area (Å²) in [5.74, 6) is -0.711. The fraction of sp³-hybridized carbons (Fsp3) is 0.400. The molecule has 20 heavy (non-hydrogen) atoms. The summed E-state index contributed by atoms with van der Waals surface area (Å²) in [6.07, 6.45) is 0.163. The van der Waals surface area contributed by atoms with Gasteiger partial charge in [0, 0.05) is 16.9 Å². The highest BCUT2D eigenvalue weighted by atomic mass is 35.5. The third-order valence-corrected chi connectivity index (χ3v) is 3.55. The van der Waals surface area contributed by atoms with Crippen LogP contribution in [0.15, 0.2) is 29.4 Å². The molecule has 1 unspecified atom stereocenters. The number of nitrogens with zero attached hydrogens (tertiary/aromatic N) is 1. The lowest BCUT2D eigenvalue weighted by Crippen LogP contribution is -2.30. The van der Waals surface area contributed by atoms with Gasteiger partial charge in [-0.05, 0) is 17.7 Å². The molecule has 0 aliphatic carbocycles. The van der Waals surface area contributed by atoms with Gasteiger partial charge in [0.05, 0.1) is 11.6 Å². The molecule has 1 heterocycles. The number of hydrogen-bond donors (Lipinski definition) is 1. The fourth-order valence-corrected chi connectivity index (χ4v) is 2.09. The summed E-state index contributed by atoms with van der Waals surface area (Å²) >= 11 is 5.85. The average Bonchev–Trinajstić information content (AvgIpc) is 2.71. The number of carbonyl (C=O) groups is 2. The number of ketones is 1. The first kappa shape index (κ1) is 14.7. The third kappa shape index (κ3) is 3.07. The molecular formula is C15H17ClN2O2. The highest BCUT2D eigenvalue weighted by Crippen LogP contribution is 2.25. The van der Waals surface area contributed by atoms with E-state index < -0.39 is 11.3 Å². The van der Waals surface area contributed by atoms with E-state index in [4.69, 9.17) is 11.6 Å². The molecule has 0 radical (unpaired) electrons. The van der Waals surface area contributed by atoms with Gasteiger partial charge in [0.25, 0.3) is 0 Å². The standard InChI is InChI=1S/C15H17ClN2O2/c1-15(2,3)12(19)8-11-13(17-18-14(11)20)9-4-6-10(16)7-5-9/h4-7,11H,8H2,1-3H3,(H,18,20). The van der Waals surface area contributed by atoms with Crippen LogP contribution in [0.5, 0.6) is 0 Å². The molecule has 0 saturated heterocycles. The van der Waals surface area contributed by atoms with Crippen molar-refractivity contribution in [3.05, 3.63) is 34.9 Å². The number of hydrogen-bond acceptors (Lipinski definition) is 3. The van der Waals surface area contributed by atoms with Gasteiger partial charge in [-0.3, -0.25) is 9.59 Å². The zero-order valence-corrected chi connectivity index (χ0v) is 12.5. The topological polar surface area (TPSA) is 58.5 Å². The number of hydrazone groups is 1. The Morgan fingerprint density at radius 2 is 1.90 bits per heavy atom. The van der Waals surface area contributed by atoms with Crippen LogP contribution in [0.25, 0.3) is 0 Å². The molecule has 106 valence electrons. The maximum Gasteiger partial charge on any atom is 0.249 e. The van der Waals surface area contributed by atoms with Crippen molar-refractivity contribution in [1.82, 2.24) is 5.43 Å². The summed E-state index contributed by atoms with van der Waals surface area (Å²) in [7, 11) is 0. The number of nitrogens with one attached hydrogen (secondary N) is 1. The maximum absolute atomic E-state index is 12.1. The van der Waals surface area contributed by atoms with E-state index in [2.05, 4.69) is 10.5 Å². The zero-order valence-electron chi connectivity index (χ0n) is 11.7. The maximum atomic E-state index is 12.1. The number of rotatable bonds is 3. The van der Waals surface area contributed by atoms with E-state index >= 15 is 0 Å². The summed E-state index contributed by atoms with van der Waals surface area (Å²) < 4.78 is 0. The Bertz CT molecular complexity index is 571. The Morgan fingerprint density at radius 3 is 2.45 bits per heavy atom. The van der Waals surface area contributed by atoms with E-state index in [0.717, 1.165) is 5.56 Å². The number of benzene rings is 1. The number of Topliss-reactive ketones (excluding diaryl/α,β-unsaturated/α-hetero) is 1. The van der Waals surface area contributed by atoms with Crippen LogP contribution in [0.4, 0.5) is 0 Å². The van der Waals surface area contributed by atoms with Crippen molar-refractivity contribution in [3.63, 3.8) is 0 Å². The lowest BCUT2D eigenvalue weighted by Gasteiger charge is -2.19. The van der Waals surface area contributed by atoms with Crippen LogP contribution in [-0.2, 0) is 9.59 Å². The van der Waals surface area contributed by atoms with Gasteiger partial charge in [0.15, 0.2) is 0 Å². The van der Waals surface area contributed by atoms with E-state index in [0.29, 0.717) is 10.7 Å². The molecule has 0 spiro atoms. The molecular weight excluding hydrogens is 276 g/mol. The van der Waals surface area contributed by atoms with Crippen molar-refractivity contribution in [2.24, 2.45) is 16.4 Å². The number of amides is 1. The second-order valence-electron chi connectivity index (χ2n) is 5.91. The van der Waals surface area contributed by atoms with E-state index in [1.807, 2.05) is 20.8 Å². The molecule has 1 atom stereocenters. The van der Waals surface area contributed by atoms with E-state index in [1.54, 1.807) is 24.3 Å². The third-order valence-electron chi connectivity index (χ3n) is 3.30. The van der Waals surface area contributed by atoms with Gasteiger partial charge in [-0.1, -0.05) is 44.5 Å². The highest BCUT2D eigenvalue weighted by molar-refractivity contribution is 6.30. The first-order valence-electron chi connectivity index (χ1n) is 6.45. The lowest BCUT2D eigenvalue weighted by molar-refractivity contribution is -0.130. The molecule has 5 heteroatoms. The van der Waals surface area contributed by atoms with Crippen LogP contribution in [0, 0.1) is 11.3 Å². The first-order chi connectivity index (χ1) is 9.29. The molecule has 1 aliphatic rings. The minimum Gasteiger partial charge on any atom is -0.299 e. The Kier molecular flexibility index (Phi) is 3.95. The van der Waals surface area contributed by atoms with Crippen LogP contribution in [0.3, 0.4) is 0 Å². The first-order valence-corrected chi connectivity index (χ1v) is 6.83.